The van der Waals surface area contributed by atoms with Crippen molar-refractivity contribution in [1.82, 2.24) is 20.1 Å². The van der Waals surface area contributed by atoms with E-state index in [9.17, 15) is 0 Å². The van der Waals surface area contributed by atoms with Gasteiger partial charge < -0.3 is 9.42 Å². The van der Waals surface area contributed by atoms with Crippen LogP contribution in [0.5, 0.6) is 0 Å². The predicted octanol–water partition coefficient (Wildman–Crippen LogP) is 2.35. The van der Waals surface area contributed by atoms with Crippen LogP contribution >= 0.6 is 0 Å². The molecule has 0 aromatic carbocycles. The van der Waals surface area contributed by atoms with Crippen LogP contribution in [0.4, 0.5) is 5.82 Å². The molecule has 1 saturated heterocycles. The lowest BCUT2D eigenvalue weighted by Gasteiger charge is -2.18. The van der Waals surface area contributed by atoms with Crippen molar-refractivity contribution in [1.29, 1.82) is 0 Å². The summed E-state index contributed by atoms with van der Waals surface area (Å²) in [6.07, 6.45) is 5.25. The molecule has 1 atom stereocenters. The van der Waals surface area contributed by atoms with Gasteiger partial charge in [0.25, 0.3) is 0 Å². The van der Waals surface area contributed by atoms with Gasteiger partial charge in [-0.15, -0.1) is 0 Å². The fourth-order valence-electron chi connectivity index (χ4n) is 2.90. The summed E-state index contributed by atoms with van der Waals surface area (Å²) in [5.41, 5.74) is 1.93. The highest BCUT2D eigenvalue weighted by molar-refractivity contribution is 5.45. The van der Waals surface area contributed by atoms with Gasteiger partial charge in [-0.2, -0.15) is 4.98 Å². The number of rotatable bonds is 3. The van der Waals surface area contributed by atoms with Gasteiger partial charge in [-0.3, -0.25) is 4.98 Å². The van der Waals surface area contributed by atoms with Gasteiger partial charge in [0.15, 0.2) is 5.82 Å². The molecule has 2 aromatic heterocycles. The summed E-state index contributed by atoms with van der Waals surface area (Å²) in [6.45, 7) is 5.83. The molecule has 2 aliphatic rings. The second-order valence-electron chi connectivity index (χ2n) is 6.12. The lowest BCUT2D eigenvalue weighted by Crippen LogP contribution is -2.22. The number of aromatic nitrogens is 4. The summed E-state index contributed by atoms with van der Waals surface area (Å²) in [5, 5.41) is 4.12. The van der Waals surface area contributed by atoms with E-state index in [2.05, 4.69) is 25.0 Å². The molecule has 1 unspecified atom stereocenters. The smallest absolute Gasteiger partial charge is 0.231 e. The average Bonchev–Trinajstić information content (AvgIpc) is 3.03. The number of nitrogens with zero attached hydrogens (tertiary/aromatic N) is 5. The quantitative estimate of drug-likeness (QED) is 0.862. The third kappa shape index (κ3) is 2.39. The van der Waals surface area contributed by atoms with Crippen LogP contribution in [-0.2, 0) is 0 Å². The molecule has 6 heteroatoms. The fraction of sp³-hybridized carbons (Fsp3) is 0.600. The molecule has 1 aliphatic heterocycles. The number of aryl methyl sites for hydroxylation is 2. The first kappa shape index (κ1) is 12.7. The zero-order valence-electron chi connectivity index (χ0n) is 12.4. The van der Waals surface area contributed by atoms with E-state index < -0.39 is 0 Å². The fourth-order valence-corrected chi connectivity index (χ4v) is 2.90. The molecular weight excluding hydrogens is 266 g/mol. The van der Waals surface area contributed by atoms with Gasteiger partial charge in [0.2, 0.25) is 5.89 Å². The molecule has 0 bridgehead atoms. The second kappa shape index (κ2) is 4.79. The molecule has 3 heterocycles. The van der Waals surface area contributed by atoms with E-state index in [1.54, 1.807) is 0 Å². The SMILES string of the molecule is Cc1cnc(C)c(N2CCC(c3nc(C4CC4)no3)C2)n1. The Morgan fingerprint density at radius 3 is 2.81 bits per heavy atom. The summed E-state index contributed by atoms with van der Waals surface area (Å²) in [7, 11) is 0. The molecular formula is C15H19N5O. The number of hydrogen-bond acceptors (Lipinski definition) is 6. The molecule has 2 aromatic rings. The van der Waals surface area contributed by atoms with E-state index in [-0.39, 0.29) is 0 Å². The van der Waals surface area contributed by atoms with Gasteiger partial charge in [0.05, 0.1) is 17.3 Å². The Labute approximate surface area is 123 Å². The summed E-state index contributed by atoms with van der Waals surface area (Å²) >= 11 is 0. The van der Waals surface area contributed by atoms with Crippen molar-refractivity contribution in [3.63, 3.8) is 0 Å². The minimum atomic E-state index is 0.312. The maximum atomic E-state index is 5.46. The van der Waals surface area contributed by atoms with Gasteiger partial charge in [-0.05, 0) is 33.1 Å². The zero-order valence-corrected chi connectivity index (χ0v) is 12.4. The highest BCUT2D eigenvalue weighted by atomic mass is 16.5. The Balaban J connectivity index is 1.52. The van der Waals surface area contributed by atoms with Crippen molar-refractivity contribution in [2.24, 2.45) is 0 Å². The Morgan fingerprint density at radius 1 is 1.14 bits per heavy atom. The molecule has 1 saturated carbocycles. The van der Waals surface area contributed by atoms with Crippen LogP contribution in [-0.4, -0.2) is 33.2 Å². The average molecular weight is 285 g/mol. The minimum Gasteiger partial charge on any atom is -0.354 e. The van der Waals surface area contributed by atoms with Gasteiger partial charge in [-0.25, -0.2) is 4.98 Å². The van der Waals surface area contributed by atoms with Crippen LogP contribution in [0.25, 0.3) is 0 Å². The summed E-state index contributed by atoms with van der Waals surface area (Å²) in [4.78, 5) is 15.9. The summed E-state index contributed by atoms with van der Waals surface area (Å²) < 4.78 is 5.46. The molecule has 0 N–H and O–H groups in total. The van der Waals surface area contributed by atoms with E-state index in [1.165, 1.54) is 12.8 Å². The van der Waals surface area contributed by atoms with Crippen molar-refractivity contribution in [3.05, 3.63) is 29.3 Å². The third-order valence-corrected chi connectivity index (χ3v) is 4.29. The summed E-state index contributed by atoms with van der Waals surface area (Å²) in [5.74, 6) is 3.53. The Kier molecular flexibility index (Phi) is 2.90. The van der Waals surface area contributed by atoms with Crippen LogP contribution in [0.15, 0.2) is 10.7 Å². The van der Waals surface area contributed by atoms with Crippen LogP contribution in [0, 0.1) is 13.8 Å². The maximum Gasteiger partial charge on any atom is 0.231 e. The molecule has 21 heavy (non-hydrogen) atoms. The van der Waals surface area contributed by atoms with Crippen molar-refractivity contribution in [2.75, 3.05) is 18.0 Å². The largest absolute Gasteiger partial charge is 0.354 e. The maximum absolute atomic E-state index is 5.46. The normalized spacial score (nSPS) is 22.0. The number of hydrogen-bond donors (Lipinski definition) is 0. The Bertz CT molecular complexity index is 664. The van der Waals surface area contributed by atoms with E-state index in [4.69, 9.17) is 4.52 Å². The standard InChI is InChI=1S/C15H19N5O/c1-9-7-16-10(2)14(17-9)20-6-5-12(8-20)15-18-13(19-21-15)11-3-4-11/h7,11-12H,3-6,8H2,1-2H3. The Morgan fingerprint density at radius 2 is 2.00 bits per heavy atom. The topological polar surface area (TPSA) is 67.9 Å². The van der Waals surface area contributed by atoms with E-state index >= 15 is 0 Å². The molecule has 0 radical (unpaired) electrons. The van der Waals surface area contributed by atoms with Gasteiger partial charge in [0.1, 0.15) is 5.82 Å². The van der Waals surface area contributed by atoms with Gasteiger partial charge >= 0.3 is 0 Å². The van der Waals surface area contributed by atoms with Crippen LogP contribution < -0.4 is 4.90 Å². The van der Waals surface area contributed by atoms with Gasteiger partial charge in [-0.1, -0.05) is 5.16 Å². The lowest BCUT2D eigenvalue weighted by atomic mass is 10.1. The number of anilines is 1. The molecule has 0 amide bonds. The molecule has 1 aliphatic carbocycles. The zero-order chi connectivity index (χ0) is 14.4. The monoisotopic (exact) mass is 285 g/mol. The van der Waals surface area contributed by atoms with Crippen LogP contribution in [0.3, 0.4) is 0 Å². The van der Waals surface area contributed by atoms with Crippen molar-refractivity contribution < 1.29 is 4.52 Å². The van der Waals surface area contributed by atoms with Crippen LogP contribution in [0.2, 0.25) is 0 Å². The molecule has 2 fully saturated rings. The first-order chi connectivity index (χ1) is 10.2. The van der Waals surface area contributed by atoms with E-state index in [0.717, 1.165) is 48.4 Å². The second-order valence-corrected chi connectivity index (χ2v) is 6.12. The highest BCUT2D eigenvalue weighted by Gasteiger charge is 2.33. The third-order valence-electron chi connectivity index (χ3n) is 4.29. The van der Waals surface area contributed by atoms with Crippen molar-refractivity contribution in [3.8, 4) is 0 Å². The molecule has 4 rings (SSSR count). The van der Waals surface area contributed by atoms with E-state index in [0.29, 0.717) is 11.8 Å². The lowest BCUT2D eigenvalue weighted by molar-refractivity contribution is 0.355. The molecule has 0 spiro atoms. The highest BCUT2D eigenvalue weighted by Crippen LogP contribution is 2.39. The van der Waals surface area contributed by atoms with Crippen molar-refractivity contribution >= 4 is 5.82 Å². The minimum absolute atomic E-state index is 0.312. The Hall–Kier alpha value is -1.98. The summed E-state index contributed by atoms with van der Waals surface area (Å²) in [6, 6.07) is 0. The molecule has 6 nitrogen and oxygen atoms in total. The van der Waals surface area contributed by atoms with Crippen LogP contribution in [0.1, 0.15) is 54.2 Å². The predicted molar refractivity (Wildman–Crippen MR) is 77.4 cm³/mol. The van der Waals surface area contributed by atoms with E-state index in [1.807, 2.05) is 20.0 Å². The first-order valence-corrected chi connectivity index (χ1v) is 7.59. The molecule has 110 valence electrons. The van der Waals surface area contributed by atoms with Crippen molar-refractivity contribution in [2.45, 2.75) is 44.9 Å². The first-order valence-electron chi connectivity index (χ1n) is 7.59. The van der Waals surface area contributed by atoms with Gasteiger partial charge in [0, 0.05) is 25.2 Å².